The highest BCUT2D eigenvalue weighted by molar-refractivity contribution is 6.24. The second-order valence-corrected chi connectivity index (χ2v) is 8.53. The van der Waals surface area contributed by atoms with E-state index in [9.17, 15) is 0 Å². The van der Waals surface area contributed by atoms with Gasteiger partial charge in [-0.25, -0.2) is 4.98 Å². The SMILES string of the molecule is c1ccc(N(c2ccc(-n3c4cccc5ccc6cccc3c6c54)cc2)c2ccccn2)cc1. The number of hydrogen-bond donors (Lipinski definition) is 0. The Morgan fingerprint density at radius 2 is 1.12 bits per heavy atom. The van der Waals surface area contributed by atoms with Gasteiger partial charge in [-0.3, -0.25) is 4.90 Å². The fourth-order valence-electron chi connectivity index (χ4n) is 5.13. The minimum atomic E-state index is 0.893. The molecule has 0 saturated heterocycles. The summed E-state index contributed by atoms with van der Waals surface area (Å²) in [5, 5.41) is 5.22. The Bertz CT molecular complexity index is 1630. The number of benzene rings is 5. The first kappa shape index (κ1) is 18.9. The van der Waals surface area contributed by atoms with Crippen LogP contribution in [-0.2, 0) is 0 Å². The van der Waals surface area contributed by atoms with Crippen LogP contribution in [-0.4, -0.2) is 9.55 Å². The molecule has 0 N–H and O–H groups in total. The highest BCUT2D eigenvalue weighted by Gasteiger charge is 2.17. The molecule has 7 rings (SSSR count). The van der Waals surface area contributed by atoms with Crippen molar-refractivity contribution in [2.75, 3.05) is 4.90 Å². The topological polar surface area (TPSA) is 21.1 Å². The molecule has 0 spiro atoms. The maximum absolute atomic E-state index is 4.63. The van der Waals surface area contributed by atoms with Gasteiger partial charge in [-0.15, -0.1) is 0 Å². The number of rotatable bonds is 4. The fourth-order valence-corrected chi connectivity index (χ4v) is 5.13. The zero-order chi connectivity index (χ0) is 22.5. The van der Waals surface area contributed by atoms with Gasteiger partial charge < -0.3 is 4.57 Å². The summed E-state index contributed by atoms with van der Waals surface area (Å²) < 4.78 is 2.38. The first-order chi connectivity index (χ1) is 16.9. The lowest BCUT2D eigenvalue weighted by Gasteiger charge is -2.24. The maximum Gasteiger partial charge on any atom is 0.137 e. The number of aromatic nitrogens is 2. The summed E-state index contributed by atoms with van der Waals surface area (Å²) in [6.45, 7) is 0. The van der Waals surface area contributed by atoms with Crippen molar-refractivity contribution < 1.29 is 0 Å². The number of hydrogen-bond acceptors (Lipinski definition) is 2. The average Bonchev–Trinajstić information content (AvgIpc) is 3.25. The van der Waals surface area contributed by atoms with Gasteiger partial charge in [0.1, 0.15) is 5.82 Å². The van der Waals surface area contributed by atoms with Crippen LogP contribution in [0.1, 0.15) is 0 Å². The highest BCUT2D eigenvalue weighted by atomic mass is 15.2. The zero-order valence-corrected chi connectivity index (χ0v) is 18.5. The summed E-state index contributed by atoms with van der Waals surface area (Å²) in [5.41, 5.74) is 5.77. The lowest BCUT2D eigenvalue weighted by molar-refractivity contribution is 1.16. The van der Waals surface area contributed by atoms with Gasteiger partial charge in [-0.1, -0.05) is 60.7 Å². The summed E-state index contributed by atoms with van der Waals surface area (Å²) in [6.07, 6.45) is 1.84. The molecule has 0 saturated carbocycles. The van der Waals surface area contributed by atoms with Gasteiger partial charge in [0.15, 0.2) is 0 Å². The Hall–Kier alpha value is -4.63. The molecule has 2 heterocycles. The van der Waals surface area contributed by atoms with Crippen molar-refractivity contribution in [2.24, 2.45) is 0 Å². The molecule has 3 nitrogen and oxygen atoms in total. The van der Waals surface area contributed by atoms with Gasteiger partial charge in [0, 0.05) is 34.0 Å². The largest absolute Gasteiger partial charge is 0.309 e. The summed E-state index contributed by atoms with van der Waals surface area (Å²) in [4.78, 5) is 6.81. The molecule has 0 aliphatic heterocycles. The van der Waals surface area contributed by atoms with E-state index in [1.54, 1.807) is 0 Å². The normalized spacial score (nSPS) is 11.5. The average molecular weight is 436 g/mol. The van der Waals surface area contributed by atoms with Crippen molar-refractivity contribution in [1.29, 1.82) is 0 Å². The first-order valence-electron chi connectivity index (χ1n) is 11.5. The van der Waals surface area contributed by atoms with Crippen LogP contribution in [0.2, 0.25) is 0 Å². The van der Waals surface area contributed by atoms with E-state index in [-0.39, 0.29) is 0 Å². The summed E-state index contributed by atoms with van der Waals surface area (Å²) in [5.74, 6) is 0.893. The van der Waals surface area contributed by atoms with E-state index in [2.05, 4.69) is 112 Å². The molecule has 0 unspecified atom stereocenters. The van der Waals surface area contributed by atoms with Crippen molar-refractivity contribution in [1.82, 2.24) is 9.55 Å². The summed E-state index contributed by atoms with van der Waals surface area (Å²) >= 11 is 0. The van der Waals surface area contributed by atoms with Crippen LogP contribution in [0.15, 0.2) is 128 Å². The van der Waals surface area contributed by atoms with Crippen LogP contribution in [0.4, 0.5) is 17.2 Å². The van der Waals surface area contributed by atoms with Crippen LogP contribution in [0.5, 0.6) is 0 Å². The molecule has 0 aliphatic rings. The Morgan fingerprint density at radius 3 is 1.74 bits per heavy atom. The minimum Gasteiger partial charge on any atom is -0.309 e. The molecule has 3 heteroatoms. The van der Waals surface area contributed by atoms with Crippen LogP contribution < -0.4 is 4.90 Å². The summed E-state index contributed by atoms with van der Waals surface area (Å²) in [6, 6.07) is 42.8. The molecule has 2 aromatic heterocycles. The first-order valence-corrected chi connectivity index (χ1v) is 11.5. The number of anilines is 3. The Labute approximate surface area is 197 Å². The number of para-hydroxylation sites is 1. The molecular formula is C31H21N3. The molecular weight excluding hydrogens is 414 g/mol. The lowest BCUT2D eigenvalue weighted by atomic mass is 10.0. The standard InChI is InChI=1S/C31H21N3/c1-2-10-24(11-3-1)33(29-14-4-5-21-32-29)25-17-19-26(20-18-25)34-27-12-6-8-22-15-16-23-9-7-13-28(34)31(23)30(22)27/h1-21H. The van der Waals surface area contributed by atoms with Gasteiger partial charge in [0.2, 0.25) is 0 Å². The third-order valence-corrected chi connectivity index (χ3v) is 6.58. The van der Waals surface area contributed by atoms with E-state index in [4.69, 9.17) is 0 Å². The van der Waals surface area contributed by atoms with E-state index < -0.39 is 0 Å². The van der Waals surface area contributed by atoms with Crippen molar-refractivity contribution in [3.63, 3.8) is 0 Å². The quantitative estimate of drug-likeness (QED) is 0.260. The zero-order valence-electron chi connectivity index (χ0n) is 18.5. The lowest BCUT2D eigenvalue weighted by Crippen LogP contribution is -2.11. The third kappa shape index (κ3) is 2.81. The second kappa shape index (κ2) is 7.46. The molecule has 0 radical (unpaired) electrons. The van der Waals surface area contributed by atoms with Gasteiger partial charge in [-0.05, 0) is 71.4 Å². The number of nitrogens with zero attached hydrogens (tertiary/aromatic N) is 3. The summed E-state index contributed by atoms with van der Waals surface area (Å²) in [7, 11) is 0. The Morgan fingerprint density at radius 1 is 0.500 bits per heavy atom. The van der Waals surface area contributed by atoms with E-state index in [1.165, 1.54) is 32.6 Å². The molecule has 0 atom stereocenters. The van der Waals surface area contributed by atoms with Crippen LogP contribution in [0, 0.1) is 0 Å². The molecule has 0 aliphatic carbocycles. The smallest absolute Gasteiger partial charge is 0.137 e. The van der Waals surface area contributed by atoms with Gasteiger partial charge in [-0.2, -0.15) is 0 Å². The van der Waals surface area contributed by atoms with Crippen molar-refractivity contribution in [2.45, 2.75) is 0 Å². The van der Waals surface area contributed by atoms with Crippen molar-refractivity contribution in [3.05, 3.63) is 128 Å². The van der Waals surface area contributed by atoms with E-state index in [1.807, 2.05) is 30.5 Å². The highest BCUT2D eigenvalue weighted by Crippen LogP contribution is 2.39. The molecule has 7 aromatic rings. The fraction of sp³-hybridized carbons (Fsp3) is 0. The molecule has 0 bridgehead atoms. The van der Waals surface area contributed by atoms with Crippen LogP contribution in [0.25, 0.3) is 38.3 Å². The molecule has 5 aromatic carbocycles. The second-order valence-electron chi connectivity index (χ2n) is 8.53. The Kier molecular flexibility index (Phi) is 4.15. The van der Waals surface area contributed by atoms with Crippen LogP contribution in [0.3, 0.4) is 0 Å². The van der Waals surface area contributed by atoms with Gasteiger partial charge in [0.25, 0.3) is 0 Å². The van der Waals surface area contributed by atoms with E-state index >= 15 is 0 Å². The maximum atomic E-state index is 4.63. The van der Waals surface area contributed by atoms with Gasteiger partial charge >= 0.3 is 0 Å². The van der Waals surface area contributed by atoms with Crippen LogP contribution >= 0.6 is 0 Å². The van der Waals surface area contributed by atoms with Crippen molar-refractivity contribution in [3.8, 4) is 5.69 Å². The Balaban J connectivity index is 1.42. The number of pyridine rings is 1. The van der Waals surface area contributed by atoms with Gasteiger partial charge in [0.05, 0.1) is 11.0 Å². The predicted molar refractivity (Wildman–Crippen MR) is 142 cm³/mol. The molecule has 34 heavy (non-hydrogen) atoms. The molecule has 160 valence electrons. The van der Waals surface area contributed by atoms with E-state index in [0.29, 0.717) is 0 Å². The predicted octanol–water partition coefficient (Wildman–Crippen LogP) is 8.24. The minimum absolute atomic E-state index is 0.893. The molecule has 0 fully saturated rings. The van der Waals surface area contributed by atoms with Crippen molar-refractivity contribution >= 4 is 49.8 Å². The van der Waals surface area contributed by atoms with E-state index in [0.717, 1.165) is 22.9 Å². The third-order valence-electron chi connectivity index (χ3n) is 6.58. The monoisotopic (exact) mass is 435 g/mol. The molecule has 0 amide bonds.